The maximum Gasteiger partial charge on any atom is 0.341 e. The predicted octanol–water partition coefficient (Wildman–Crippen LogP) is 2.26. The fraction of sp³-hybridized carbons (Fsp3) is 0.133. The van der Waals surface area contributed by atoms with Gasteiger partial charge in [-0.25, -0.2) is 13.2 Å². The molecule has 6 nitrogen and oxygen atoms in total. The summed E-state index contributed by atoms with van der Waals surface area (Å²) >= 11 is 0. The van der Waals surface area contributed by atoms with Crippen LogP contribution in [0.3, 0.4) is 0 Å². The van der Waals surface area contributed by atoms with E-state index in [0.717, 1.165) is 5.56 Å². The van der Waals surface area contributed by atoms with Gasteiger partial charge in [0.2, 0.25) is 0 Å². The molecule has 0 aromatic heterocycles. The Kier molecular flexibility index (Phi) is 4.67. The number of sulfonamides is 1. The number of rotatable bonds is 6. The van der Waals surface area contributed by atoms with Crippen molar-refractivity contribution in [3.63, 3.8) is 0 Å². The third-order valence-electron chi connectivity index (χ3n) is 2.77. The van der Waals surface area contributed by atoms with E-state index in [4.69, 9.17) is 9.84 Å². The van der Waals surface area contributed by atoms with Gasteiger partial charge in [-0.3, -0.25) is 4.72 Å². The zero-order chi connectivity index (χ0) is 16.2. The number of hydrogen-bond acceptors (Lipinski definition) is 4. The Morgan fingerprint density at radius 3 is 2.45 bits per heavy atom. The SMILES string of the molecule is Cc1cccc(NS(=O)(=O)c2ccc(OCC(=O)O)cc2)c1. The van der Waals surface area contributed by atoms with Crippen LogP contribution in [-0.2, 0) is 14.8 Å². The van der Waals surface area contributed by atoms with Crippen LogP contribution in [0.1, 0.15) is 5.56 Å². The Hall–Kier alpha value is -2.54. The van der Waals surface area contributed by atoms with E-state index in [9.17, 15) is 13.2 Å². The molecule has 2 aromatic carbocycles. The maximum atomic E-state index is 12.2. The lowest BCUT2D eigenvalue weighted by Crippen LogP contribution is -2.13. The van der Waals surface area contributed by atoms with E-state index in [1.54, 1.807) is 18.2 Å². The van der Waals surface area contributed by atoms with Crippen molar-refractivity contribution >= 4 is 21.7 Å². The third-order valence-corrected chi connectivity index (χ3v) is 4.16. The zero-order valence-electron chi connectivity index (χ0n) is 11.8. The van der Waals surface area contributed by atoms with Gasteiger partial charge in [-0.15, -0.1) is 0 Å². The first kappa shape index (κ1) is 15.8. The van der Waals surface area contributed by atoms with Crippen LogP contribution in [0.2, 0.25) is 0 Å². The lowest BCUT2D eigenvalue weighted by atomic mass is 10.2. The average Bonchev–Trinajstić information content (AvgIpc) is 2.45. The second kappa shape index (κ2) is 6.48. The highest BCUT2D eigenvalue weighted by Crippen LogP contribution is 2.19. The van der Waals surface area contributed by atoms with Gasteiger partial charge in [0.25, 0.3) is 10.0 Å². The highest BCUT2D eigenvalue weighted by atomic mass is 32.2. The first-order chi connectivity index (χ1) is 10.4. The monoisotopic (exact) mass is 321 g/mol. The highest BCUT2D eigenvalue weighted by molar-refractivity contribution is 7.92. The van der Waals surface area contributed by atoms with Crippen LogP contribution in [0.25, 0.3) is 0 Å². The van der Waals surface area contributed by atoms with E-state index >= 15 is 0 Å². The molecular formula is C15H15NO5S. The number of anilines is 1. The molecule has 0 saturated carbocycles. The molecule has 2 rings (SSSR count). The summed E-state index contributed by atoms with van der Waals surface area (Å²) < 4.78 is 31.9. The molecule has 2 aromatic rings. The van der Waals surface area contributed by atoms with Crippen LogP contribution < -0.4 is 9.46 Å². The van der Waals surface area contributed by atoms with Crippen LogP contribution in [-0.4, -0.2) is 26.1 Å². The van der Waals surface area contributed by atoms with E-state index in [1.165, 1.54) is 24.3 Å². The van der Waals surface area contributed by atoms with E-state index in [-0.39, 0.29) is 10.6 Å². The largest absolute Gasteiger partial charge is 0.482 e. The summed E-state index contributed by atoms with van der Waals surface area (Å²) in [5.41, 5.74) is 1.42. The summed E-state index contributed by atoms with van der Waals surface area (Å²) in [5, 5.41) is 8.51. The van der Waals surface area contributed by atoms with Crippen LogP contribution >= 0.6 is 0 Å². The molecule has 2 N–H and O–H groups in total. The molecule has 0 amide bonds. The quantitative estimate of drug-likeness (QED) is 0.851. The molecule has 0 spiro atoms. The molecule has 0 radical (unpaired) electrons. The molecule has 22 heavy (non-hydrogen) atoms. The molecule has 7 heteroatoms. The summed E-state index contributed by atoms with van der Waals surface area (Å²) in [5.74, 6) is -0.810. The Bertz CT molecular complexity index is 769. The first-order valence-electron chi connectivity index (χ1n) is 6.41. The molecule has 0 saturated heterocycles. The Balaban J connectivity index is 2.14. The molecule has 0 atom stereocenters. The van der Waals surface area contributed by atoms with Crippen molar-refractivity contribution in [3.8, 4) is 5.75 Å². The number of aliphatic carboxylic acids is 1. The van der Waals surface area contributed by atoms with Gasteiger partial charge in [-0.1, -0.05) is 12.1 Å². The molecule has 0 heterocycles. The van der Waals surface area contributed by atoms with Crippen LogP contribution in [0.15, 0.2) is 53.4 Å². The molecule has 0 aliphatic rings. The number of aryl methyl sites for hydroxylation is 1. The number of carbonyl (C=O) groups is 1. The zero-order valence-corrected chi connectivity index (χ0v) is 12.6. The Labute approximate surface area is 128 Å². The van der Waals surface area contributed by atoms with Gasteiger partial charge in [0.1, 0.15) is 5.75 Å². The molecule has 0 aliphatic carbocycles. The van der Waals surface area contributed by atoms with Gasteiger partial charge in [0.15, 0.2) is 6.61 Å². The van der Waals surface area contributed by atoms with Crippen molar-refractivity contribution in [1.82, 2.24) is 0 Å². The predicted molar refractivity (Wildman–Crippen MR) is 81.6 cm³/mol. The molecule has 0 bridgehead atoms. The topological polar surface area (TPSA) is 92.7 Å². The van der Waals surface area contributed by atoms with Gasteiger partial charge >= 0.3 is 5.97 Å². The van der Waals surface area contributed by atoms with Gasteiger partial charge in [-0.05, 0) is 48.9 Å². The molecule has 0 fully saturated rings. The van der Waals surface area contributed by atoms with E-state index in [1.807, 2.05) is 13.0 Å². The van der Waals surface area contributed by atoms with Crippen molar-refractivity contribution < 1.29 is 23.1 Å². The van der Waals surface area contributed by atoms with Crippen molar-refractivity contribution in [2.75, 3.05) is 11.3 Å². The number of carboxylic acids is 1. The van der Waals surface area contributed by atoms with Crippen molar-refractivity contribution in [2.24, 2.45) is 0 Å². The fourth-order valence-corrected chi connectivity index (χ4v) is 2.83. The van der Waals surface area contributed by atoms with Crippen LogP contribution in [0.5, 0.6) is 5.75 Å². The summed E-state index contributed by atoms with van der Waals surface area (Å²) in [6.45, 7) is 1.39. The number of ether oxygens (including phenoxy) is 1. The van der Waals surface area contributed by atoms with Gasteiger partial charge in [0, 0.05) is 5.69 Å². The number of benzene rings is 2. The summed E-state index contributed by atoms with van der Waals surface area (Å²) in [7, 11) is -3.70. The van der Waals surface area contributed by atoms with Crippen LogP contribution in [0.4, 0.5) is 5.69 Å². The number of carboxylic acid groups (broad SMARTS) is 1. The highest BCUT2D eigenvalue weighted by Gasteiger charge is 2.14. The Morgan fingerprint density at radius 1 is 1.18 bits per heavy atom. The smallest absolute Gasteiger partial charge is 0.341 e. The van der Waals surface area contributed by atoms with Crippen molar-refractivity contribution in [3.05, 3.63) is 54.1 Å². The normalized spacial score (nSPS) is 11.0. The second-order valence-electron chi connectivity index (χ2n) is 4.63. The maximum absolute atomic E-state index is 12.2. The molecule has 0 aliphatic heterocycles. The summed E-state index contributed by atoms with van der Waals surface area (Å²) in [6, 6.07) is 12.5. The number of hydrogen-bond donors (Lipinski definition) is 2. The fourth-order valence-electron chi connectivity index (χ4n) is 1.78. The minimum atomic E-state index is -3.70. The van der Waals surface area contributed by atoms with E-state index in [0.29, 0.717) is 5.69 Å². The Morgan fingerprint density at radius 2 is 1.86 bits per heavy atom. The van der Waals surface area contributed by atoms with Gasteiger partial charge in [0.05, 0.1) is 4.90 Å². The average molecular weight is 321 g/mol. The van der Waals surface area contributed by atoms with Gasteiger partial charge < -0.3 is 9.84 Å². The van der Waals surface area contributed by atoms with E-state index < -0.39 is 22.6 Å². The third kappa shape index (κ3) is 4.23. The lowest BCUT2D eigenvalue weighted by molar-refractivity contribution is -0.139. The standard InChI is InChI=1S/C15H15NO5S/c1-11-3-2-4-12(9-11)16-22(19,20)14-7-5-13(6-8-14)21-10-15(17)18/h2-9,16H,10H2,1H3,(H,17,18). The van der Waals surface area contributed by atoms with E-state index in [2.05, 4.69) is 4.72 Å². The lowest BCUT2D eigenvalue weighted by Gasteiger charge is -2.09. The van der Waals surface area contributed by atoms with Crippen molar-refractivity contribution in [2.45, 2.75) is 11.8 Å². The minimum Gasteiger partial charge on any atom is -0.482 e. The molecule has 0 unspecified atom stereocenters. The first-order valence-corrected chi connectivity index (χ1v) is 7.89. The van der Waals surface area contributed by atoms with Gasteiger partial charge in [-0.2, -0.15) is 0 Å². The second-order valence-corrected chi connectivity index (χ2v) is 6.31. The summed E-state index contributed by atoms with van der Waals surface area (Å²) in [4.78, 5) is 10.5. The molecular weight excluding hydrogens is 306 g/mol. The van der Waals surface area contributed by atoms with Crippen LogP contribution in [0, 0.1) is 6.92 Å². The van der Waals surface area contributed by atoms with Crippen molar-refractivity contribution in [1.29, 1.82) is 0 Å². The minimum absolute atomic E-state index is 0.0664. The summed E-state index contributed by atoms with van der Waals surface area (Å²) in [6.07, 6.45) is 0. The molecule has 116 valence electrons. The number of nitrogens with one attached hydrogen (secondary N) is 1.